The maximum atomic E-state index is 13.0. The SMILES string of the molecule is Cc1c(NC(=O)c2cccc(NC(=O)c3ccc(Cl)s3)c2)c(=O)n(-c2ccccc2)n1C. The van der Waals surface area contributed by atoms with E-state index in [0.29, 0.717) is 31.8 Å². The second kappa shape index (κ2) is 8.86. The fourth-order valence-corrected chi connectivity index (χ4v) is 4.20. The number of hydrogen-bond acceptors (Lipinski definition) is 4. The minimum absolute atomic E-state index is 0.198. The fraction of sp³-hybridized carbons (Fsp3) is 0.0870. The lowest BCUT2D eigenvalue weighted by molar-refractivity contribution is 0.101. The van der Waals surface area contributed by atoms with E-state index in [1.54, 1.807) is 55.1 Å². The van der Waals surface area contributed by atoms with Gasteiger partial charge in [-0.1, -0.05) is 35.9 Å². The van der Waals surface area contributed by atoms with Gasteiger partial charge in [-0.05, 0) is 49.4 Å². The van der Waals surface area contributed by atoms with Gasteiger partial charge in [-0.25, -0.2) is 4.68 Å². The summed E-state index contributed by atoms with van der Waals surface area (Å²) in [7, 11) is 1.76. The van der Waals surface area contributed by atoms with E-state index in [4.69, 9.17) is 11.6 Å². The summed E-state index contributed by atoms with van der Waals surface area (Å²) in [4.78, 5) is 38.7. The van der Waals surface area contributed by atoms with Crippen LogP contribution in [0.4, 0.5) is 11.4 Å². The van der Waals surface area contributed by atoms with Gasteiger partial charge in [0.15, 0.2) is 0 Å². The molecule has 0 atom stereocenters. The highest BCUT2D eigenvalue weighted by Crippen LogP contribution is 2.23. The Balaban J connectivity index is 1.57. The number of carbonyl (C=O) groups excluding carboxylic acids is 2. The van der Waals surface area contributed by atoms with E-state index in [1.165, 1.54) is 16.0 Å². The lowest BCUT2D eigenvalue weighted by atomic mass is 10.2. The quantitative estimate of drug-likeness (QED) is 0.447. The summed E-state index contributed by atoms with van der Waals surface area (Å²) in [6.45, 7) is 1.76. The Morgan fingerprint density at radius 3 is 2.38 bits per heavy atom. The van der Waals surface area contributed by atoms with Crippen LogP contribution in [0.3, 0.4) is 0 Å². The molecule has 0 aliphatic rings. The van der Waals surface area contributed by atoms with E-state index in [-0.39, 0.29) is 17.2 Å². The molecule has 0 bridgehead atoms. The minimum atomic E-state index is -0.453. The molecule has 0 unspecified atom stereocenters. The average molecular weight is 467 g/mol. The molecule has 2 amide bonds. The molecule has 0 aliphatic carbocycles. The summed E-state index contributed by atoms with van der Waals surface area (Å²) in [5, 5.41) is 5.47. The number of halogens is 1. The largest absolute Gasteiger partial charge is 0.321 e. The summed E-state index contributed by atoms with van der Waals surface area (Å²) in [6.07, 6.45) is 0. The van der Waals surface area contributed by atoms with Gasteiger partial charge in [0, 0.05) is 18.3 Å². The molecule has 0 spiro atoms. The number of aromatic nitrogens is 2. The Labute approximate surface area is 192 Å². The van der Waals surface area contributed by atoms with Crippen LogP contribution in [0.25, 0.3) is 5.69 Å². The Morgan fingerprint density at radius 2 is 1.69 bits per heavy atom. The van der Waals surface area contributed by atoms with Crippen LogP contribution in [0.2, 0.25) is 4.34 Å². The lowest BCUT2D eigenvalue weighted by Crippen LogP contribution is -2.23. The van der Waals surface area contributed by atoms with Crippen molar-refractivity contribution in [2.45, 2.75) is 6.92 Å². The lowest BCUT2D eigenvalue weighted by Gasteiger charge is -2.08. The molecule has 7 nitrogen and oxygen atoms in total. The standard InChI is InChI=1S/C23H19ClN4O3S/c1-14-20(23(31)28(27(14)2)17-9-4-3-5-10-17)26-21(29)15-7-6-8-16(13-15)25-22(30)18-11-12-19(24)32-18/h3-13H,1-2H3,(H,25,30)(H,26,29). The van der Waals surface area contributed by atoms with Gasteiger partial charge in [0.1, 0.15) is 5.69 Å². The van der Waals surface area contributed by atoms with Gasteiger partial charge in [-0.3, -0.25) is 19.1 Å². The molecular weight excluding hydrogens is 448 g/mol. The minimum Gasteiger partial charge on any atom is -0.321 e. The summed E-state index contributed by atoms with van der Waals surface area (Å²) < 4.78 is 3.70. The number of nitrogens with zero attached hydrogens (tertiary/aromatic N) is 2. The van der Waals surface area contributed by atoms with Crippen molar-refractivity contribution in [2.75, 3.05) is 10.6 Å². The third-order valence-electron chi connectivity index (χ3n) is 4.97. The molecule has 162 valence electrons. The molecule has 9 heteroatoms. The number of benzene rings is 2. The zero-order valence-electron chi connectivity index (χ0n) is 17.3. The maximum absolute atomic E-state index is 13.0. The molecule has 2 N–H and O–H groups in total. The zero-order valence-corrected chi connectivity index (χ0v) is 18.8. The molecule has 0 saturated heterocycles. The second-order valence-corrected chi connectivity index (χ2v) is 8.74. The van der Waals surface area contributed by atoms with Crippen molar-refractivity contribution in [2.24, 2.45) is 7.05 Å². The van der Waals surface area contributed by atoms with Crippen molar-refractivity contribution in [3.63, 3.8) is 0 Å². The number of anilines is 2. The predicted octanol–water partition coefficient (Wildman–Crippen LogP) is 4.70. The van der Waals surface area contributed by atoms with E-state index in [1.807, 2.05) is 30.3 Å². The number of thiophene rings is 1. The molecule has 0 radical (unpaired) electrons. The van der Waals surface area contributed by atoms with Crippen LogP contribution in [0.1, 0.15) is 25.7 Å². The maximum Gasteiger partial charge on any atom is 0.295 e. The van der Waals surface area contributed by atoms with E-state index in [9.17, 15) is 14.4 Å². The van der Waals surface area contributed by atoms with Crippen molar-refractivity contribution in [3.05, 3.63) is 97.6 Å². The molecule has 2 aromatic heterocycles. The van der Waals surface area contributed by atoms with Gasteiger partial charge >= 0.3 is 0 Å². The van der Waals surface area contributed by atoms with E-state index < -0.39 is 5.91 Å². The number of amides is 2. The molecule has 4 rings (SSSR count). The zero-order chi connectivity index (χ0) is 22.8. The summed E-state index contributed by atoms with van der Waals surface area (Å²) in [5.74, 6) is -0.768. The molecule has 2 aromatic carbocycles. The first-order valence-electron chi connectivity index (χ1n) is 9.67. The van der Waals surface area contributed by atoms with Gasteiger partial charge in [0.25, 0.3) is 17.4 Å². The van der Waals surface area contributed by atoms with Crippen molar-refractivity contribution >= 4 is 46.1 Å². The van der Waals surface area contributed by atoms with Crippen LogP contribution in [-0.2, 0) is 7.05 Å². The first-order valence-corrected chi connectivity index (χ1v) is 10.9. The van der Waals surface area contributed by atoms with Crippen molar-refractivity contribution in [3.8, 4) is 5.69 Å². The van der Waals surface area contributed by atoms with Crippen LogP contribution in [0.15, 0.2) is 71.5 Å². The van der Waals surface area contributed by atoms with E-state index in [0.717, 1.165) is 0 Å². The normalized spacial score (nSPS) is 10.7. The average Bonchev–Trinajstić information content (AvgIpc) is 3.31. The van der Waals surface area contributed by atoms with E-state index >= 15 is 0 Å². The number of para-hydroxylation sites is 1. The molecule has 0 fully saturated rings. The molecule has 0 aliphatic heterocycles. The van der Waals surface area contributed by atoms with E-state index in [2.05, 4.69) is 10.6 Å². The van der Waals surface area contributed by atoms with Gasteiger partial charge in [0.05, 0.1) is 20.6 Å². The van der Waals surface area contributed by atoms with Gasteiger partial charge in [0.2, 0.25) is 0 Å². The van der Waals surface area contributed by atoms with Crippen LogP contribution in [0, 0.1) is 6.92 Å². The third kappa shape index (κ3) is 4.23. The number of nitrogens with one attached hydrogen (secondary N) is 2. The number of rotatable bonds is 5. The molecule has 32 heavy (non-hydrogen) atoms. The molecule has 4 aromatic rings. The molecule has 0 saturated carbocycles. The van der Waals surface area contributed by atoms with Crippen molar-refractivity contribution in [1.82, 2.24) is 9.36 Å². The number of hydrogen-bond donors (Lipinski definition) is 2. The summed E-state index contributed by atoms with van der Waals surface area (Å²) in [6, 6.07) is 19.0. The van der Waals surface area contributed by atoms with Crippen LogP contribution in [0.5, 0.6) is 0 Å². The van der Waals surface area contributed by atoms with Gasteiger partial charge in [-0.15, -0.1) is 11.3 Å². The van der Waals surface area contributed by atoms with Crippen molar-refractivity contribution < 1.29 is 9.59 Å². The Hall–Kier alpha value is -3.62. The van der Waals surface area contributed by atoms with Gasteiger partial charge < -0.3 is 10.6 Å². The predicted molar refractivity (Wildman–Crippen MR) is 127 cm³/mol. The first kappa shape index (κ1) is 21.6. The Morgan fingerprint density at radius 1 is 0.938 bits per heavy atom. The molecular formula is C23H19ClN4O3S. The Bertz CT molecular complexity index is 1370. The van der Waals surface area contributed by atoms with Crippen molar-refractivity contribution in [1.29, 1.82) is 0 Å². The monoisotopic (exact) mass is 466 g/mol. The summed E-state index contributed by atoms with van der Waals surface area (Å²) >= 11 is 7.05. The van der Waals surface area contributed by atoms with Crippen LogP contribution >= 0.6 is 22.9 Å². The van der Waals surface area contributed by atoms with Crippen LogP contribution in [-0.4, -0.2) is 21.2 Å². The smallest absolute Gasteiger partial charge is 0.295 e. The second-order valence-electron chi connectivity index (χ2n) is 7.03. The topological polar surface area (TPSA) is 85.1 Å². The highest BCUT2D eigenvalue weighted by molar-refractivity contribution is 7.18. The first-order chi connectivity index (χ1) is 15.3. The van der Waals surface area contributed by atoms with Crippen LogP contribution < -0.4 is 16.2 Å². The third-order valence-corrected chi connectivity index (χ3v) is 6.20. The van der Waals surface area contributed by atoms with Gasteiger partial charge in [-0.2, -0.15) is 0 Å². The fourth-order valence-electron chi connectivity index (χ4n) is 3.27. The summed E-state index contributed by atoms with van der Waals surface area (Å²) in [5.41, 5.74) is 1.94. The highest BCUT2D eigenvalue weighted by Gasteiger charge is 2.19. The number of carbonyl (C=O) groups is 2. The highest BCUT2D eigenvalue weighted by atomic mass is 35.5. The molecule has 2 heterocycles. The Kier molecular flexibility index (Phi) is 5.98.